The quantitative estimate of drug-likeness (QED) is 0.342. The molecule has 0 aromatic heterocycles. The van der Waals surface area contributed by atoms with E-state index < -0.39 is 11.9 Å². The molecule has 4 bridgehead atoms. The average molecular weight is 442 g/mol. The van der Waals surface area contributed by atoms with Crippen molar-refractivity contribution in [2.45, 2.75) is 75.9 Å². The van der Waals surface area contributed by atoms with Crippen molar-refractivity contribution in [3.63, 3.8) is 0 Å². The summed E-state index contributed by atoms with van der Waals surface area (Å²) in [5, 5.41) is 18.4. The molecule has 4 aliphatic carbocycles. The number of imide groups is 1. The summed E-state index contributed by atoms with van der Waals surface area (Å²) in [5.74, 6) is 1.35. The Morgan fingerprint density at radius 3 is 2.19 bits per heavy atom. The zero-order valence-electron chi connectivity index (χ0n) is 18.2. The number of nitrogens with zero attached hydrogens (tertiary/aromatic N) is 2. The van der Waals surface area contributed by atoms with Crippen molar-refractivity contribution in [2.75, 3.05) is 0 Å². The van der Waals surface area contributed by atoms with Crippen LogP contribution >= 0.6 is 0 Å². The van der Waals surface area contributed by atoms with E-state index in [1.54, 1.807) is 39.5 Å². The molecule has 6 rings (SSSR count). The van der Waals surface area contributed by atoms with E-state index in [2.05, 4.69) is 0 Å². The van der Waals surface area contributed by atoms with Gasteiger partial charge in [-0.25, -0.2) is 10.3 Å². The molecule has 0 spiro atoms. The number of hydrogen-bond acceptors (Lipinski definition) is 5. The number of rotatable bonds is 7. The number of hydrogen-bond donors (Lipinski definition) is 3. The third-order valence-electron chi connectivity index (χ3n) is 8.09. The van der Waals surface area contributed by atoms with Crippen LogP contribution in [-0.2, 0) is 16.1 Å². The predicted octanol–water partition coefficient (Wildman–Crippen LogP) is 3.17. The van der Waals surface area contributed by atoms with Crippen LogP contribution < -0.4 is 5.48 Å². The highest BCUT2D eigenvalue weighted by Crippen LogP contribution is 2.58. The first-order chi connectivity index (χ1) is 15.4. The van der Waals surface area contributed by atoms with E-state index in [0.29, 0.717) is 30.6 Å². The van der Waals surface area contributed by atoms with Crippen LogP contribution in [0.4, 0.5) is 4.79 Å². The van der Waals surface area contributed by atoms with Crippen molar-refractivity contribution < 1.29 is 24.7 Å². The molecular weight excluding hydrogens is 410 g/mol. The number of phenols is 1. The highest BCUT2D eigenvalue weighted by atomic mass is 16.5. The molecule has 1 saturated heterocycles. The number of nitrogens with one attached hydrogen (secondary N) is 1. The Morgan fingerprint density at radius 1 is 1.03 bits per heavy atom. The molecule has 5 aliphatic rings. The van der Waals surface area contributed by atoms with Gasteiger partial charge in [0.1, 0.15) is 11.8 Å². The number of benzene rings is 1. The molecule has 1 aliphatic heterocycles. The summed E-state index contributed by atoms with van der Waals surface area (Å²) in [6.45, 7) is 0.282. The molecule has 1 aromatic rings. The van der Waals surface area contributed by atoms with Gasteiger partial charge in [0.15, 0.2) is 0 Å². The fourth-order valence-corrected chi connectivity index (χ4v) is 7.18. The van der Waals surface area contributed by atoms with Gasteiger partial charge in [-0.3, -0.25) is 19.7 Å². The Morgan fingerprint density at radius 2 is 1.62 bits per heavy atom. The SMILES string of the molecule is O=C(CCCC1C(=O)N(C23CC4CC(CC(C4)C2)C3)C(=O)N1Cc1ccc(O)cc1)NO. The lowest BCUT2D eigenvalue weighted by Crippen LogP contribution is -2.62. The summed E-state index contributed by atoms with van der Waals surface area (Å²) < 4.78 is 0. The number of carbonyl (C=O) groups is 3. The molecule has 8 nitrogen and oxygen atoms in total. The normalized spacial score (nSPS) is 33.3. The Bertz CT molecular complexity index is 879. The number of hydroxylamine groups is 1. The molecule has 5 fully saturated rings. The van der Waals surface area contributed by atoms with E-state index in [0.717, 1.165) is 24.8 Å². The molecule has 8 heteroatoms. The van der Waals surface area contributed by atoms with Crippen LogP contribution in [0.2, 0.25) is 0 Å². The molecule has 3 N–H and O–H groups in total. The summed E-state index contributed by atoms with van der Waals surface area (Å²) in [6.07, 6.45) is 7.31. The summed E-state index contributed by atoms with van der Waals surface area (Å²) >= 11 is 0. The van der Waals surface area contributed by atoms with Gasteiger partial charge in [-0.1, -0.05) is 12.1 Å². The molecule has 1 aromatic carbocycles. The van der Waals surface area contributed by atoms with Gasteiger partial charge < -0.3 is 10.0 Å². The Hall–Kier alpha value is -2.61. The second-order valence-electron chi connectivity index (χ2n) is 10.3. The van der Waals surface area contributed by atoms with E-state index in [-0.39, 0.29) is 36.2 Å². The van der Waals surface area contributed by atoms with Gasteiger partial charge in [-0.2, -0.15) is 0 Å². The average Bonchev–Trinajstić information content (AvgIpc) is 2.98. The summed E-state index contributed by atoms with van der Waals surface area (Å²) in [5.41, 5.74) is 2.11. The van der Waals surface area contributed by atoms with Crippen molar-refractivity contribution in [3.05, 3.63) is 29.8 Å². The van der Waals surface area contributed by atoms with Gasteiger partial charge in [0.05, 0.1) is 5.54 Å². The van der Waals surface area contributed by atoms with E-state index in [1.165, 1.54) is 19.3 Å². The highest BCUT2D eigenvalue weighted by Gasteiger charge is 2.60. The second kappa shape index (κ2) is 8.06. The predicted molar refractivity (Wildman–Crippen MR) is 114 cm³/mol. The van der Waals surface area contributed by atoms with Crippen molar-refractivity contribution >= 4 is 17.8 Å². The lowest BCUT2D eigenvalue weighted by Gasteiger charge is -2.58. The van der Waals surface area contributed by atoms with E-state index >= 15 is 0 Å². The number of amides is 4. The smallest absolute Gasteiger partial charge is 0.328 e. The third-order valence-corrected chi connectivity index (χ3v) is 8.09. The lowest BCUT2D eigenvalue weighted by molar-refractivity contribution is -0.141. The minimum absolute atomic E-state index is 0.0961. The van der Waals surface area contributed by atoms with Crippen LogP contribution in [0.1, 0.15) is 63.4 Å². The number of carbonyl (C=O) groups excluding carboxylic acids is 3. The minimum Gasteiger partial charge on any atom is -0.508 e. The maximum Gasteiger partial charge on any atom is 0.328 e. The molecule has 0 radical (unpaired) electrons. The van der Waals surface area contributed by atoms with Crippen LogP contribution in [0, 0.1) is 17.8 Å². The summed E-state index contributed by atoms with van der Waals surface area (Å²) in [6, 6.07) is 5.84. The third kappa shape index (κ3) is 3.64. The van der Waals surface area contributed by atoms with Gasteiger partial charge in [-0.15, -0.1) is 0 Å². The molecule has 172 valence electrons. The van der Waals surface area contributed by atoms with Gasteiger partial charge in [-0.05, 0) is 86.8 Å². The summed E-state index contributed by atoms with van der Waals surface area (Å²) in [7, 11) is 0. The second-order valence-corrected chi connectivity index (χ2v) is 10.3. The number of urea groups is 1. The molecular formula is C24H31N3O5. The van der Waals surface area contributed by atoms with Crippen LogP contribution in [0.3, 0.4) is 0 Å². The first-order valence-electron chi connectivity index (χ1n) is 11.7. The van der Waals surface area contributed by atoms with Crippen LogP contribution in [-0.4, -0.2) is 49.5 Å². The topological polar surface area (TPSA) is 110 Å². The first-order valence-corrected chi connectivity index (χ1v) is 11.7. The minimum atomic E-state index is -0.615. The Kier molecular flexibility index (Phi) is 5.35. The fourth-order valence-electron chi connectivity index (χ4n) is 7.18. The van der Waals surface area contributed by atoms with E-state index in [9.17, 15) is 19.5 Å². The fraction of sp³-hybridized carbons (Fsp3) is 0.625. The van der Waals surface area contributed by atoms with Gasteiger partial charge >= 0.3 is 6.03 Å². The monoisotopic (exact) mass is 441 g/mol. The van der Waals surface area contributed by atoms with Gasteiger partial charge in [0, 0.05) is 13.0 Å². The zero-order chi connectivity index (χ0) is 22.5. The van der Waals surface area contributed by atoms with Gasteiger partial charge in [0.25, 0.3) is 5.91 Å². The van der Waals surface area contributed by atoms with Gasteiger partial charge in [0.2, 0.25) is 5.91 Å². The molecule has 1 unspecified atom stereocenters. The van der Waals surface area contributed by atoms with Crippen molar-refractivity contribution in [1.82, 2.24) is 15.3 Å². The van der Waals surface area contributed by atoms with E-state index in [1.807, 2.05) is 0 Å². The standard InChI is InChI=1S/C24H31N3O5/c28-19-6-4-15(5-7-19)14-26-20(2-1-3-21(29)25-32)22(30)27(23(26)31)24-11-16-8-17(12-24)10-18(9-16)13-24/h4-7,16-18,20,28,32H,1-3,8-14H2,(H,25,29). The molecule has 4 saturated carbocycles. The molecule has 4 amide bonds. The van der Waals surface area contributed by atoms with Crippen molar-refractivity contribution in [3.8, 4) is 5.75 Å². The van der Waals surface area contributed by atoms with Crippen molar-refractivity contribution in [1.29, 1.82) is 0 Å². The van der Waals surface area contributed by atoms with Crippen LogP contribution in [0.15, 0.2) is 24.3 Å². The zero-order valence-corrected chi connectivity index (χ0v) is 18.2. The van der Waals surface area contributed by atoms with Crippen molar-refractivity contribution in [2.24, 2.45) is 17.8 Å². The molecule has 1 atom stereocenters. The number of aromatic hydroxyl groups is 1. The largest absolute Gasteiger partial charge is 0.508 e. The molecule has 32 heavy (non-hydrogen) atoms. The van der Waals surface area contributed by atoms with Crippen LogP contribution in [0.25, 0.3) is 0 Å². The highest BCUT2D eigenvalue weighted by molar-refractivity contribution is 6.05. The number of phenolic OH excluding ortho intramolecular Hbond substituents is 1. The maximum absolute atomic E-state index is 13.7. The first kappa shape index (κ1) is 21.2. The maximum atomic E-state index is 13.7. The Balaban J connectivity index is 1.41. The van der Waals surface area contributed by atoms with Crippen LogP contribution in [0.5, 0.6) is 5.75 Å². The lowest BCUT2D eigenvalue weighted by atomic mass is 9.52. The van der Waals surface area contributed by atoms with E-state index in [4.69, 9.17) is 5.21 Å². The molecule has 1 heterocycles. The summed E-state index contributed by atoms with van der Waals surface area (Å²) in [4.78, 5) is 42.2. The Labute approximate surface area is 187 Å².